The van der Waals surface area contributed by atoms with Gasteiger partial charge >= 0.3 is 0 Å². The topological polar surface area (TPSA) is 45.0 Å². The Balaban J connectivity index is 1.81. The van der Waals surface area contributed by atoms with Gasteiger partial charge in [-0.1, -0.05) is 86.1 Å². The van der Waals surface area contributed by atoms with E-state index in [0.717, 1.165) is 30.4 Å². The van der Waals surface area contributed by atoms with E-state index < -0.39 is 0 Å². The Labute approximate surface area is 165 Å². The highest BCUT2D eigenvalue weighted by Crippen LogP contribution is 2.32. The maximum absolute atomic E-state index is 12.9. The minimum absolute atomic E-state index is 0.0559. The van der Waals surface area contributed by atoms with Crippen molar-refractivity contribution >= 4 is 29.1 Å². The second-order valence-electron chi connectivity index (χ2n) is 6.64. The van der Waals surface area contributed by atoms with Gasteiger partial charge in [0.1, 0.15) is 0 Å². The standard InChI is InChI=1S/C22H25N3OS/c1-3-4-14-20-21(26)25(16-19-13-9-8-10-17(19)2)22(27-20)24-23-15-18-11-6-5-7-12-18/h5-13,15,20H,3-4,14,16H2,1-2H3/b23-15-,24-22+/t20-/m0/s1. The van der Waals surface area contributed by atoms with Crippen LogP contribution < -0.4 is 0 Å². The zero-order valence-electron chi connectivity index (χ0n) is 15.8. The van der Waals surface area contributed by atoms with Crippen molar-refractivity contribution in [3.05, 3.63) is 71.3 Å². The van der Waals surface area contributed by atoms with Crippen LogP contribution in [0.1, 0.15) is 42.9 Å². The number of nitrogens with zero attached hydrogens (tertiary/aromatic N) is 3. The molecule has 0 unspecified atom stereocenters. The fourth-order valence-corrected chi connectivity index (χ4v) is 4.09. The lowest BCUT2D eigenvalue weighted by Crippen LogP contribution is -2.31. The molecule has 0 N–H and O–H groups in total. The summed E-state index contributed by atoms with van der Waals surface area (Å²) < 4.78 is 0. The summed E-state index contributed by atoms with van der Waals surface area (Å²) in [5, 5.41) is 9.26. The molecule has 0 bridgehead atoms. The highest BCUT2D eigenvalue weighted by Gasteiger charge is 2.37. The minimum Gasteiger partial charge on any atom is -0.284 e. The SMILES string of the molecule is CCCC[C@@H]1S/C(=N/N=C\c2ccccc2)N(Cc2ccccc2C)C1=O. The zero-order valence-corrected chi connectivity index (χ0v) is 16.7. The predicted molar refractivity (Wildman–Crippen MR) is 114 cm³/mol. The summed E-state index contributed by atoms with van der Waals surface area (Å²) in [6.45, 7) is 4.76. The van der Waals surface area contributed by atoms with Crippen LogP contribution in [0.25, 0.3) is 0 Å². The number of unbranched alkanes of at least 4 members (excludes halogenated alkanes) is 1. The van der Waals surface area contributed by atoms with Gasteiger partial charge in [0.25, 0.3) is 0 Å². The van der Waals surface area contributed by atoms with E-state index in [0.29, 0.717) is 11.7 Å². The quantitative estimate of drug-likeness (QED) is 0.501. The number of carbonyl (C=O) groups is 1. The zero-order chi connectivity index (χ0) is 19.1. The first-order valence-corrected chi connectivity index (χ1v) is 10.3. The van der Waals surface area contributed by atoms with Gasteiger partial charge < -0.3 is 0 Å². The van der Waals surface area contributed by atoms with Gasteiger partial charge in [-0.15, -0.1) is 5.10 Å². The number of benzene rings is 2. The van der Waals surface area contributed by atoms with Crippen molar-refractivity contribution in [1.29, 1.82) is 0 Å². The van der Waals surface area contributed by atoms with E-state index in [1.165, 1.54) is 17.3 Å². The van der Waals surface area contributed by atoms with Gasteiger partial charge in [-0.05, 0) is 30.0 Å². The van der Waals surface area contributed by atoms with Gasteiger partial charge in [-0.2, -0.15) is 5.10 Å². The molecule has 27 heavy (non-hydrogen) atoms. The van der Waals surface area contributed by atoms with Crippen LogP contribution in [-0.4, -0.2) is 27.4 Å². The summed E-state index contributed by atoms with van der Waals surface area (Å²) in [5.74, 6) is 0.144. The molecule has 1 saturated heterocycles. The molecule has 1 fully saturated rings. The number of hydrogen-bond donors (Lipinski definition) is 0. The normalized spacial score (nSPS) is 18.7. The molecule has 0 aliphatic carbocycles. The van der Waals surface area contributed by atoms with E-state index >= 15 is 0 Å². The van der Waals surface area contributed by atoms with Crippen molar-refractivity contribution in [1.82, 2.24) is 4.90 Å². The Bertz CT molecular complexity index is 832. The van der Waals surface area contributed by atoms with Crippen molar-refractivity contribution in [3.8, 4) is 0 Å². The molecule has 4 nitrogen and oxygen atoms in total. The van der Waals surface area contributed by atoms with Gasteiger partial charge in [0.05, 0.1) is 18.0 Å². The molecule has 3 rings (SSSR count). The first-order valence-electron chi connectivity index (χ1n) is 9.37. The Morgan fingerprint density at radius 1 is 1.11 bits per heavy atom. The van der Waals surface area contributed by atoms with Crippen LogP contribution in [0.5, 0.6) is 0 Å². The van der Waals surface area contributed by atoms with Crippen molar-refractivity contribution < 1.29 is 4.79 Å². The molecule has 0 aromatic heterocycles. The highest BCUT2D eigenvalue weighted by molar-refractivity contribution is 8.15. The van der Waals surface area contributed by atoms with Crippen LogP contribution >= 0.6 is 11.8 Å². The molecule has 5 heteroatoms. The van der Waals surface area contributed by atoms with Crippen molar-refractivity contribution in [2.24, 2.45) is 10.2 Å². The largest absolute Gasteiger partial charge is 0.284 e. The van der Waals surface area contributed by atoms with E-state index in [1.807, 2.05) is 42.5 Å². The summed E-state index contributed by atoms with van der Waals surface area (Å²) >= 11 is 1.54. The van der Waals surface area contributed by atoms with Crippen LogP contribution in [-0.2, 0) is 11.3 Å². The van der Waals surface area contributed by atoms with E-state index in [1.54, 1.807) is 11.1 Å². The number of rotatable bonds is 7. The lowest BCUT2D eigenvalue weighted by Gasteiger charge is -2.17. The fourth-order valence-electron chi connectivity index (χ4n) is 2.95. The summed E-state index contributed by atoms with van der Waals surface area (Å²) in [4.78, 5) is 14.7. The Hall–Kier alpha value is -2.40. The number of hydrogen-bond acceptors (Lipinski definition) is 4. The van der Waals surface area contributed by atoms with Gasteiger partial charge in [0.2, 0.25) is 5.91 Å². The molecule has 2 aromatic carbocycles. The maximum Gasteiger partial charge on any atom is 0.242 e. The van der Waals surface area contributed by atoms with Crippen molar-refractivity contribution in [3.63, 3.8) is 0 Å². The number of aryl methyl sites for hydroxylation is 1. The monoisotopic (exact) mass is 379 g/mol. The molecule has 1 heterocycles. The van der Waals surface area contributed by atoms with Gasteiger partial charge in [0, 0.05) is 0 Å². The molecule has 1 amide bonds. The predicted octanol–water partition coefficient (Wildman–Crippen LogP) is 5.02. The van der Waals surface area contributed by atoms with Gasteiger partial charge in [-0.25, -0.2) is 0 Å². The van der Waals surface area contributed by atoms with Crippen molar-refractivity contribution in [2.45, 2.75) is 44.9 Å². The van der Waals surface area contributed by atoms with Crippen LogP contribution in [0.4, 0.5) is 0 Å². The molecule has 2 aromatic rings. The number of thioether (sulfide) groups is 1. The lowest BCUT2D eigenvalue weighted by molar-refractivity contribution is -0.126. The third kappa shape index (κ3) is 5.07. The number of carbonyl (C=O) groups excluding carboxylic acids is 1. The Morgan fingerprint density at radius 2 is 1.85 bits per heavy atom. The Morgan fingerprint density at radius 3 is 2.59 bits per heavy atom. The molecule has 0 saturated carbocycles. The first-order chi connectivity index (χ1) is 13.2. The smallest absolute Gasteiger partial charge is 0.242 e. The summed E-state index contributed by atoms with van der Waals surface area (Å²) in [6, 6.07) is 18.0. The third-order valence-electron chi connectivity index (χ3n) is 4.58. The molecule has 140 valence electrons. The average molecular weight is 380 g/mol. The Kier molecular flexibility index (Phi) is 6.82. The van der Waals surface area contributed by atoms with E-state index in [4.69, 9.17) is 0 Å². The van der Waals surface area contributed by atoms with E-state index in [-0.39, 0.29) is 11.2 Å². The maximum atomic E-state index is 12.9. The summed E-state index contributed by atoms with van der Waals surface area (Å²) in [6.07, 6.45) is 4.73. The molecule has 0 spiro atoms. The lowest BCUT2D eigenvalue weighted by atomic mass is 10.1. The van der Waals surface area contributed by atoms with E-state index in [2.05, 4.69) is 36.2 Å². The molecule has 1 aliphatic heterocycles. The second kappa shape index (κ2) is 9.51. The second-order valence-corrected chi connectivity index (χ2v) is 7.81. The van der Waals surface area contributed by atoms with Gasteiger partial charge in [-0.3, -0.25) is 9.69 Å². The number of amidine groups is 1. The molecular weight excluding hydrogens is 354 g/mol. The first kappa shape index (κ1) is 19.4. The average Bonchev–Trinajstić information content (AvgIpc) is 2.98. The highest BCUT2D eigenvalue weighted by atomic mass is 32.2. The summed E-state index contributed by atoms with van der Waals surface area (Å²) in [5.41, 5.74) is 3.31. The molecule has 1 atom stereocenters. The van der Waals surface area contributed by atoms with E-state index in [9.17, 15) is 4.79 Å². The van der Waals surface area contributed by atoms with Crippen molar-refractivity contribution in [2.75, 3.05) is 0 Å². The van der Waals surface area contributed by atoms with Gasteiger partial charge in [0.15, 0.2) is 5.17 Å². The fraction of sp³-hybridized carbons (Fsp3) is 0.318. The number of amides is 1. The molecule has 1 aliphatic rings. The summed E-state index contributed by atoms with van der Waals surface area (Å²) in [7, 11) is 0. The van der Waals surface area contributed by atoms with Crippen LogP contribution in [0.2, 0.25) is 0 Å². The van der Waals surface area contributed by atoms with Crippen LogP contribution in [0.15, 0.2) is 64.8 Å². The van der Waals surface area contributed by atoms with Crippen LogP contribution in [0.3, 0.4) is 0 Å². The minimum atomic E-state index is -0.0559. The molecule has 0 radical (unpaired) electrons. The third-order valence-corrected chi connectivity index (χ3v) is 5.81. The molecular formula is C22H25N3OS. The van der Waals surface area contributed by atoms with Crippen LogP contribution in [0, 0.1) is 6.92 Å².